The van der Waals surface area contributed by atoms with Gasteiger partial charge in [-0.1, -0.05) is 24.3 Å². The molecule has 2 amide bonds. The number of fused-ring (bicyclic) bond motifs is 1. The fraction of sp³-hybridized carbons (Fsp3) is 0.579. The van der Waals surface area contributed by atoms with Gasteiger partial charge in [-0.2, -0.15) is 0 Å². The average molecular weight is 345 g/mol. The fourth-order valence-electron chi connectivity index (χ4n) is 3.73. The van der Waals surface area contributed by atoms with E-state index in [9.17, 15) is 9.59 Å². The van der Waals surface area contributed by atoms with E-state index in [0.717, 1.165) is 32.4 Å². The molecule has 25 heavy (non-hydrogen) atoms. The molecule has 0 unspecified atom stereocenters. The molecule has 6 nitrogen and oxygen atoms in total. The molecule has 2 aliphatic heterocycles. The van der Waals surface area contributed by atoms with E-state index in [4.69, 9.17) is 4.74 Å². The Morgan fingerprint density at radius 3 is 2.76 bits per heavy atom. The molecule has 0 spiro atoms. The van der Waals surface area contributed by atoms with Crippen molar-refractivity contribution in [1.82, 2.24) is 15.1 Å². The Balaban J connectivity index is 1.55. The van der Waals surface area contributed by atoms with E-state index in [-0.39, 0.29) is 24.1 Å². The predicted octanol–water partition coefficient (Wildman–Crippen LogP) is 1.78. The van der Waals surface area contributed by atoms with Crippen LogP contribution in [0.3, 0.4) is 0 Å². The van der Waals surface area contributed by atoms with E-state index in [1.165, 1.54) is 18.2 Å². The molecule has 0 radical (unpaired) electrons. The van der Waals surface area contributed by atoms with Crippen molar-refractivity contribution in [2.75, 3.05) is 26.7 Å². The van der Waals surface area contributed by atoms with Crippen LogP contribution in [0.1, 0.15) is 30.9 Å². The van der Waals surface area contributed by atoms with Gasteiger partial charge in [-0.3, -0.25) is 9.69 Å². The highest BCUT2D eigenvalue weighted by molar-refractivity contribution is 5.81. The van der Waals surface area contributed by atoms with Crippen molar-refractivity contribution in [3.05, 3.63) is 35.4 Å². The Hall–Kier alpha value is -2.08. The molecular weight excluding hydrogens is 318 g/mol. The van der Waals surface area contributed by atoms with Gasteiger partial charge in [0.2, 0.25) is 5.91 Å². The number of amides is 2. The second-order valence-corrected chi connectivity index (χ2v) is 6.93. The smallest absolute Gasteiger partial charge is 0.409 e. The van der Waals surface area contributed by atoms with Gasteiger partial charge in [-0.15, -0.1) is 0 Å². The molecule has 136 valence electrons. The van der Waals surface area contributed by atoms with Gasteiger partial charge in [0, 0.05) is 32.2 Å². The minimum absolute atomic E-state index is 0.000114. The van der Waals surface area contributed by atoms with Crippen molar-refractivity contribution in [1.29, 1.82) is 0 Å². The van der Waals surface area contributed by atoms with Crippen LogP contribution in [0.4, 0.5) is 4.79 Å². The Kier molecular flexibility index (Phi) is 5.58. The highest BCUT2D eigenvalue weighted by Crippen LogP contribution is 2.20. The third-order valence-electron chi connectivity index (χ3n) is 5.29. The highest BCUT2D eigenvalue weighted by atomic mass is 16.5. The molecule has 0 saturated carbocycles. The summed E-state index contributed by atoms with van der Waals surface area (Å²) in [5.41, 5.74) is 2.69. The lowest BCUT2D eigenvalue weighted by Crippen LogP contribution is -2.54. The number of nitrogens with zero attached hydrogens (tertiary/aromatic N) is 2. The first kappa shape index (κ1) is 17.7. The van der Waals surface area contributed by atoms with Crippen LogP contribution in [0.2, 0.25) is 0 Å². The number of nitrogens with one attached hydrogen (secondary N) is 1. The summed E-state index contributed by atoms with van der Waals surface area (Å²) in [6.45, 7) is 4.88. The van der Waals surface area contributed by atoms with Crippen LogP contribution in [0.15, 0.2) is 24.3 Å². The standard InChI is InChI=1S/C19H27N3O3/c1-14(21-11-9-15-6-3-4-7-16(15)12-21)18(23)20-17-8-5-10-22(13-17)19(24)25-2/h3-4,6-7,14,17H,5,8-13H2,1-2H3,(H,20,23)/t14-,17-/m1/s1. The van der Waals surface area contributed by atoms with E-state index in [0.29, 0.717) is 13.1 Å². The number of ether oxygens (including phenoxy) is 1. The van der Waals surface area contributed by atoms with Gasteiger partial charge in [0.25, 0.3) is 0 Å². The Morgan fingerprint density at radius 1 is 1.24 bits per heavy atom. The first-order chi connectivity index (χ1) is 12.1. The first-order valence-corrected chi connectivity index (χ1v) is 9.02. The number of hydrogen-bond donors (Lipinski definition) is 1. The Bertz CT molecular complexity index is 634. The molecule has 1 aromatic carbocycles. The first-order valence-electron chi connectivity index (χ1n) is 9.02. The van der Waals surface area contributed by atoms with E-state index in [2.05, 4.69) is 34.5 Å². The lowest BCUT2D eigenvalue weighted by Gasteiger charge is -2.36. The van der Waals surface area contributed by atoms with Gasteiger partial charge < -0.3 is 15.0 Å². The predicted molar refractivity (Wildman–Crippen MR) is 95.2 cm³/mol. The summed E-state index contributed by atoms with van der Waals surface area (Å²) < 4.78 is 4.78. The van der Waals surface area contributed by atoms with Crippen LogP contribution in [0, 0.1) is 0 Å². The zero-order valence-corrected chi connectivity index (χ0v) is 15.0. The van der Waals surface area contributed by atoms with Crippen molar-refractivity contribution < 1.29 is 14.3 Å². The fourth-order valence-corrected chi connectivity index (χ4v) is 3.73. The molecule has 1 fully saturated rings. The molecule has 1 aromatic rings. The monoisotopic (exact) mass is 345 g/mol. The SMILES string of the molecule is COC(=O)N1CCC[C@@H](NC(=O)[C@@H](C)N2CCc3ccccc3C2)C1. The van der Waals surface area contributed by atoms with Crippen molar-refractivity contribution in [3.63, 3.8) is 0 Å². The second-order valence-electron chi connectivity index (χ2n) is 6.93. The van der Waals surface area contributed by atoms with E-state index < -0.39 is 0 Å². The molecule has 1 saturated heterocycles. The summed E-state index contributed by atoms with van der Waals surface area (Å²) in [6.07, 6.45) is 2.44. The maximum absolute atomic E-state index is 12.7. The van der Waals surface area contributed by atoms with Crippen molar-refractivity contribution in [2.45, 2.75) is 44.8 Å². The molecule has 2 heterocycles. The number of hydrogen-bond acceptors (Lipinski definition) is 4. The van der Waals surface area contributed by atoms with Gasteiger partial charge in [0.05, 0.1) is 13.2 Å². The van der Waals surface area contributed by atoms with Gasteiger partial charge in [0.1, 0.15) is 0 Å². The topological polar surface area (TPSA) is 61.9 Å². The van der Waals surface area contributed by atoms with Crippen molar-refractivity contribution in [3.8, 4) is 0 Å². The van der Waals surface area contributed by atoms with Crippen LogP contribution < -0.4 is 5.32 Å². The van der Waals surface area contributed by atoms with Gasteiger partial charge >= 0.3 is 6.09 Å². The zero-order chi connectivity index (χ0) is 17.8. The summed E-state index contributed by atoms with van der Waals surface area (Å²) >= 11 is 0. The number of rotatable bonds is 3. The summed E-state index contributed by atoms with van der Waals surface area (Å²) in [6, 6.07) is 8.25. The summed E-state index contributed by atoms with van der Waals surface area (Å²) in [7, 11) is 1.39. The highest BCUT2D eigenvalue weighted by Gasteiger charge is 2.29. The lowest BCUT2D eigenvalue weighted by atomic mass is 9.98. The largest absolute Gasteiger partial charge is 0.453 e. The third kappa shape index (κ3) is 4.12. The number of likely N-dealkylation sites (tertiary alicyclic amines) is 1. The number of benzene rings is 1. The molecule has 0 aliphatic carbocycles. The van der Waals surface area contributed by atoms with Gasteiger partial charge in [0.15, 0.2) is 0 Å². The minimum atomic E-state index is -0.320. The van der Waals surface area contributed by atoms with E-state index in [1.807, 2.05) is 6.92 Å². The Morgan fingerprint density at radius 2 is 2.00 bits per heavy atom. The summed E-state index contributed by atoms with van der Waals surface area (Å²) in [4.78, 5) is 28.2. The second kappa shape index (κ2) is 7.87. The quantitative estimate of drug-likeness (QED) is 0.907. The molecule has 0 aromatic heterocycles. The molecule has 2 atom stereocenters. The summed E-state index contributed by atoms with van der Waals surface area (Å²) in [5, 5.41) is 3.12. The normalized spacial score (nSPS) is 22.0. The molecule has 1 N–H and O–H groups in total. The molecular formula is C19H27N3O3. The zero-order valence-electron chi connectivity index (χ0n) is 15.0. The van der Waals surface area contributed by atoms with Crippen molar-refractivity contribution >= 4 is 12.0 Å². The van der Waals surface area contributed by atoms with Gasteiger partial charge in [-0.05, 0) is 37.3 Å². The number of piperidine rings is 1. The number of methoxy groups -OCH3 is 1. The maximum atomic E-state index is 12.7. The summed E-state index contributed by atoms with van der Waals surface area (Å²) in [5.74, 6) is 0.0381. The minimum Gasteiger partial charge on any atom is -0.453 e. The molecule has 0 bridgehead atoms. The molecule has 6 heteroatoms. The van der Waals surface area contributed by atoms with Gasteiger partial charge in [-0.25, -0.2) is 4.79 Å². The van der Waals surface area contributed by atoms with Crippen LogP contribution >= 0.6 is 0 Å². The number of carbonyl (C=O) groups is 2. The number of carbonyl (C=O) groups excluding carboxylic acids is 2. The van der Waals surface area contributed by atoms with Crippen LogP contribution in [-0.2, 0) is 22.5 Å². The van der Waals surface area contributed by atoms with E-state index in [1.54, 1.807) is 4.90 Å². The lowest BCUT2D eigenvalue weighted by molar-refractivity contribution is -0.127. The third-order valence-corrected chi connectivity index (χ3v) is 5.29. The average Bonchev–Trinajstić information content (AvgIpc) is 2.66. The maximum Gasteiger partial charge on any atom is 0.409 e. The Labute approximate surface area is 149 Å². The van der Waals surface area contributed by atoms with Crippen LogP contribution in [0.5, 0.6) is 0 Å². The molecule has 2 aliphatic rings. The van der Waals surface area contributed by atoms with Crippen LogP contribution in [-0.4, -0.2) is 60.6 Å². The molecule has 3 rings (SSSR count). The van der Waals surface area contributed by atoms with Crippen molar-refractivity contribution in [2.24, 2.45) is 0 Å². The van der Waals surface area contributed by atoms with Crippen LogP contribution in [0.25, 0.3) is 0 Å². The van der Waals surface area contributed by atoms with E-state index >= 15 is 0 Å².